The van der Waals surface area contributed by atoms with Crippen LogP contribution in [0.25, 0.3) is 0 Å². The highest BCUT2D eigenvalue weighted by atomic mass is 16.5. The maximum absolute atomic E-state index is 13.1. The molecule has 0 aliphatic carbocycles. The van der Waals surface area contributed by atoms with Crippen LogP contribution in [0.5, 0.6) is 5.75 Å². The van der Waals surface area contributed by atoms with Crippen molar-refractivity contribution in [3.8, 4) is 5.75 Å². The van der Waals surface area contributed by atoms with Gasteiger partial charge in [-0.15, -0.1) is 6.58 Å². The minimum Gasteiger partial charge on any atom is -0.497 e. The van der Waals surface area contributed by atoms with Crippen LogP contribution >= 0.6 is 0 Å². The van der Waals surface area contributed by atoms with Crippen molar-refractivity contribution in [2.45, 2.75) is 24.6 Å². The number of methoxy groups -OCH3 is 1. The van der Waals surface area contributed by atoms with Gasteiger partial charge in [0.2, 0.25) is 11.8 Å². The molecule has 8 heteroatoms. The average molecular weight is 399 g/mol. The lowest BCUT2D eigenvalue weighted by Crippen LogP contribution is -2.70. The summed E-state index contributed by atoms with van der Waals surface area (Å²) in [7, 11) is 1.57. The summed E-state index contributed by atoms with van der Waals surface area (Å²) in [4.78, 5) is 44.0. The summed E-state index contributed by atoms with van der Waals surface area (Å²) in [5.74, 6) is 0.334. The van der Waals surface area contributed by atoms with Crippen molar-refractivity contribution >= 4 is 17.7 Å². The van der Waals surface area contributed by atoms with Gasteiger partial charge in [-0.25, -0.2) is 0 Å². The lowest BCUT2D eigenvalue weighted by molar-refractivity contribution is -0.165. The van der Waals surface area contributed by atoms with E-state index in [0.717, 1.165) is 0 Å². The largest absolute Gasteiger partial charge is 0.497 e. The first-order valence-corrected chi connectivity index (χ1v) is 9.82. The van der Waals surface area contributed by atoms with Gasteiger partial charge >= 0.3 is 0 Å². The van der Waals surface area contributed by atoms with Crippen molar-refractivity contribution in [2.24, 2.45) is 0 Å². The highest BCUT2D eigenvalue weighted by Gasteiger charge is 2.53. The van der Waals surface area contributed by atoms with E-state index in [9.17, 15) is 14.4 Å². The highest BCUT2D eigenvalue weighted by molar-refractivity contribution is 6.00. The number of rotatable bonds is 5. The second kappa shape index (κ2) is 7.87. The Morgan fingerprint density at radius 3 is 2.59 bits per heavy atom. The maximum atomic E-state index is 13.1. The second-order valence-electron chi connectivity index (χ2n) is 7.45. The molecule has 0 radical (unpaired) electrons. The third-order valence-corrected chi connectivity index (χ3v) is 5.88. The van der Waals surface area contributed by atoms with Crippen LogP contribution in [0.3, 0.4) is 0 Å². The van der Waals surface area contributed by atoms with Gasteiger partial charge in [-0.2, -0.15) is 0 Å². The van der Waals surface area contributed by atoms with Crippen molar-refractivity contribution in [1.29, 1.82) is 0 Å². The molecule has 3 fully saturated rings. The van der Waals surface area contributed by atoms with Crippen molar-refractivity contribution < 1.29 is 23.9 Å². The molecule has 3 atom stereocenters. The Balaban J connectivity index is 1.49. The fraction of sp³-hybridized carbons (Fsp3) is 0.476. The number of nitrogens with zero attached hydrogens (tertiary/aromatic N) is 3. The molecule has 0 saturated carbocycles. The molecule has 3 aliphatic heterocycles. The van der Waals surface area contributed by atoms with Crippen molar-refractivity contribution in [2.75, 3.05) is 39.9 Å². The molecular weight excluding hydrogens is 374 g/mol. The fourth-order valence-electron chi connectivity index (χ4n) is 4.39. The van der Waals surface area contributed by atoms with Gasteiger partial charge < -0.3 is 24.2 Å². The van der Waals surface area contributed by atoms with Crippen LogP contribution in [0.1, 0.15) is 16.8 Å². The van der Waals surface area contributed by atoms with E-state index < -0.39 is 12.1 Å². The Labute approximate surface area is 169 Å². The van der Waals surface area contributed by atoms with E-state index in [1.54, 1.807) is 52.2 Å². The summed E-state index contributed by atoms with van der Waals surface area (Å²) in [5.41, 5.74) is 0.533. The standard InChI is InChI=1S/C21H25N3O5/c1-3-12-29-17-8-9-24-18(17)21(27)23-11-10-22(13-16(23)20(24)26)19(25)14-4-6-15(28-2)7-5-14/h3-7,16-18H,1,8-13H2,2H3. The van der Waals surface area contributed by atoms with Gasteiger partial charge in [-0.05, 0) is 30.7 Å². The average Bonchev–Trinajstić information content (AvgIpc) is 3.19. The molecule has 0 aromatic heterocycles. The lowest BCUT2D eigenvalue weighted by Gasteiger charge is -2.48. The first kappa shape index (κ1) is 19.4. The van der Waals surface area contributed by atoms with Gasteiger partial charge in [0.1, 0.15) is 17.8 Å². The molecule has 4 rings (SSSR count). The monoisotopic (exact) mass is 399 g/mol. The Morgan fingerprint density at radius 2 is 1.90 bits per heavy atom. The number of fused-ring (bicyclic) bond motifs is 2. The highest BCUT2D eigenvalue weighted by Crippen LogP contribution is 2.31. The van der Waals surface area contributed by atoms with E-state index in [4.69, 9.17) is 9.47 Å². The van der Waals surface area contributed by atoms with Gasteiger partial charge in [0.15, 0.2) is 0 Å². The molecule has 29 heavy (non-hydrogen) atoms. The Hall–Kier alpha value is -2.87. The van der Waals surface area contributed by atoms with Gasteiger partial charge in [0.25, 0.3) is 5.91 Å². The first-order chi connectivity index (χ1) is 14.0. The third-order valence-electron chi connectivity index (χ3n) is 5.88. The summed E-state index contributed by atoms with van der Waals surface area (Å²) in [5, 5.41) is 0. The molecule has 0 spiro atoms. The number of benzene rings is 1. The summed E-state index contributed by atoms with van der Waals surface area (Å²) in [6, 6.07) is 5.68. The van der Waals surface area contributed by atoms with Crippen molar-refractivity contribution in [3.63, 3.8) is 0 Å². The zero-order valence-corrected chi connectivity index (χ0v) is 16.5. The Morgan fingerprint density at radius 1 is 1.14 bits per heavy atom. The molecule has 8 nitrogen and oxygen atoms in total. The second-order valence-corrected chi connectivity index (χ2v) is 7.45. The van der Waals surface area contributed by atoms with E-state index in [2.05, 4.69) is 6.58 Å². The minimum absolute atomic E-state index is 0.0855. The zero-order chi connectivity index (χ0) is 20.5. The SMILES string of the molecule is C=CCOC1CCN2C(=O)C3CN(C(=O)c4ccc(OC)cc4)CCN3C(=O)C12. The van der Waals surface area contributed by atoms with Crippen LogP contribution in [-0.4, -0.2) is 90.5 Å². The quantitative estimate of drug-likeness (QED) is 0.675. The molecule has 3 heterocycles. The number of hydrogen-bond donors (Lipinski definition) is 0. The number of amides is 3. The first-order valence-electron chi connectivity index (χ1n) is 9.82. The van der Waals surface area contributed by atoms with E-state index in [1.165, 1.54) is 0 Å². The summed E-state index contributed by atoms with van der Waals surface area (Å²) >= 11 is 0. The maximum Gasteiger partial charge on any atom is 0.254 e. The Bertz CT molecular complexity index is 824. The molecule has 1 aromatic rings. The topological polar surface area (TPSA) is 79.4 Å². The molecule has 3 unspecified atom stereocenters. The molecule has 1 aromatic carbocycles. The van der Waals surface area contributed by atoms with Gasteiger partial charge in [0.05, 0.1) is 26.4 Å². The molecule has 0 bridgehead atoms. The number of piperazine rings is 2. The number of carbonyl (C=O) groups excluding carboxylic acids is 3. The molecule has 3 aliphatic rings. The molecule has 3 amide bonds. The predicted molar refractivity (Wildman–Crippen MR) is 104 cm³/mol. The van der Waals surface area contributed by atoms with Gasteiger partial charge in [-0.1, -0.05) is 6.08 Å². The fourth-order valence-corrected chi connectivity index (χ4v) is 4.39. The van der Waals surface area contributed by atoms with E-state index >= 15 is 0 Å². The molecular formula is C21H25N3O5. The summed E-state index contributed by atoms with van der Waals surface area (Å²) < 4.78 is 10.9. The zero-order valence-electron chi connectivity index (χ0n) is 16.5. The van der Waals surface area contributed by atoms with Crippen LogP contribution in [0.15, 0.2) is 36.9 Å². The van der Waals surface area contributed by atoms with E-state index in [-0.39, 0.29) is 30.4 Å². The van der Waals surface area contributed by atoms with Crippen LogP contribution < -0.4 is 4.74 Å². The van der Waals surface area contributed by atoms with Gasteiger partial charge in [0, 0.05) is 25.2 Å². The van der Waals surface area contributed by atoms with Gasteiger partial charge in [-0.3, -0.25) is 14.4 Å². The third kappa shape index (κ3) is 3.37. The minimum atomic E-state index is -0.632. The normalized spacial score (nSPS) is 26.2. The molecule has 154 valence electrons. The van der Waals surface area contributed by atoms with E-state index in [1.807, 2.05) is 0 Å². The smallest absolute Gasteiger partial charge is 0.254 e. The van der Waals surface area contributed by atoms with Crippen LogP contribution in [0, 0.1) is 0 Å². The number of ether oxygens (including phenoxy) is 2. The summed E-state index contributed by atoms with van der Waals surface area (Å²) in [6.07, 6.45) is 1.97. The lowest BCUT2D eigenvalue weighted by atomic mass is 10.0. The van der Waals surface area contributed by atoms with E-state index in [0.29, 0.717) is 44.0 Å². The summed E-state index contributed by atoms with van der Waals surface area (Å²) in [6.45, 7) is 5.43. The Kier molecular flexibility index (Phi) is 5.27. The van der Waals surface area contributed by atoms with Crippen LogP contribution in [0.2, 0.25) is 0 Å². The van der Waals surface area contributed by atoms with Crippen molar-refractivity contribution in [3.05, 3.63) is 42.5 Å². The predicted octanol–water partition coefficient (Wildman–Crippen LogP) is 0.534. The number of hydrogen-bond acceptors (Lipinski definition) is 5. The van der Waals surface area contributed by atoms with Crippen molar-refractivity contribution in [1.82, 2.24) is 14.7 Å². The molecule has 3 saturated heterocycles. The van der Waals surface area contributed by atoms with Crippen LogP contribution in [-0.2, 0) is 14.3 Å². The molecule has 0 N–H and O–H groups in total. The van der Waals surface area contributed by atoms with Crippen LogP contribution in [0.4, 0.5) is 0 Å². The number of carbonyl (C=O) groups is 3.